The van der Waals surface area contributed by atoms with Crippen molar-refractivity contribution in [3.63, 3.8) is 0 Å². The van der Waals surface area contributed by atoms with Crippen LogP contribution in [-0.4, -0.2) is 18.0 Å². The van der Waals surface area contributed by atoms with Gasteiger partial charge in [0.1, 0.15) is 11.4 Å². The normalized spacial score (nSPS) is 10.2. The molecule has 3 aromatic rings. The van der Waals surface area contributed by atoms with Gasteiger partial charge in [-0.15, -0.1) is 0 Å². The number of carbonyl (C=O) groups is 1. The number of aryl methyl sites for hydroxylation is 1. The maximum Gasteiger partial charge on any atom is 0.274 e. The minimum atomic E-state index is -0.238. The van der Waals surface area contributed by atoms with E-state index in [1.54, 1.807) is 19.4 Å². The number of nitrogens with one attached hydrogen (secondary N) is 2. The summed E-state index contributed by atoms with van der Waals surface area (Å²) in [6, 6.07) is 18.9. The van der Waals surface area contributed by atoms with E-state index >= 15 is 0 Å². The number of para-hydroxylation sites is 2. The molecule has 0 aliphatic rings. The van der Waals surface area contributed by atoms with Gasteiger partial charge in [-0.3, -0.25) is 4.79 Å². The highest BCUT2D eigenvalue weighted by atomic mass is 16.5. The molecular formula is C21H21N3O2. The summed E-state index contributed by atoms with van der Waals surface area (Å²) in [7, 11) is 1.62. The van der Waals surface area contributed by atoms with E-state index in [0.717, 1.165) is 29.2 Å². The molecule has 0 aliphatic heterocycles. The van der Waals surface area contributed by atoms with Gasteiger partial charge in [-0.2, -0.15) is 0 Å². The third-order valence-corrected chi connectivity index (χ3v) is 4.00. The number of amides is 1. The van der Waals surface area contributed by atoms with Crippen LogP contribution in [0.4, 0.5) is 17.1 Å². The molecule has 26 heavy (non-hydrogen) atoms. The number of anilines is 3. The number of nitrogens with zero attached hydrogens (tertiary/aromatic N) is 1. The average Bonchev–Trinajstić information content (AvgIpc) is 2.69. The third kappa shape index (κ3) is 4.19. The number of ether oxygens (including phenoxy) is 1. The summed E-state index contributed by atoms with van der Waals surface area (Å²) in [5.41, 5.74) is 3.96. The van der Waals surface area contributed by atoms with Gasteiger partial charge in [-0.1, -0.05) is 31.2 Å². The molecule has 0 spiro atoms. The van der Waals surface area contributed by atoms with Crippen LogP contribution in [0.25, 0.3) is 0 Å². The monoisotopic (exact) mass is 347 g/mol. The fourth-order valence-electron chi connectivity index (χ4n) is 2.52. The quantitative estimate of drug-likeness (QED) is 0.681. The van der Waals surface area contributed by atoms with Crippen LogP contribution in [0, 0.1) is 0 Å². The molecule has 0 unspecified atom stereocenters. The Morgan fingerprint density at radius 1 is 1.00 bits per heavy atom. The second kappa shape index (κ2) is 8.16. The number of hydrogen-bond acceptors (Lipinski definition) is 4. The summed E-state index contributed by atoms with van der Waals surface area (Å²) >= 11 is 0. The van der Waals surface area contributed by atoms with Crippen LogP contribution in [0.3, 0.4) is 0 Å². The van der Waals surface area contributed by atoms with Gasteiger partial charge in [0.15, 0.2) is 0 Å². The van der Waals surface area contributed by atoms with Crippen LogP contribution in [-0.2, 0) is 6.42 Å². The SMILES string of the molecule is CCc1ccc(NC(=O)c2ccc(Nc3ccccc3OC)cn2)cc1. The second-order valence-corrected chi connectivity index (χ2v) is 5.76. The fourth-order valence-corrected chi connectivity index (χ4v) is 2.52. The summed E-state index contributed by atoms with van der Waals surface area (Å²) in [5.74, 6) is 0.503. The number of benzene rings is 2. The first-order valence-electron chi connectivity index (χ1n) is 8.46. The largest absolute Gasteiger partial charge is 0.495 e. The highest BCUT2D eigenvalue weighted by Crippen LogP contribution is 2.26. The molecule has 1 aromatic heterocycles. The van der Waals surface area contributed by atoms with E-state index in [1.807, 2.05) is 54.6 Å². The molecule has 0 saturated heterocycles. The van der Waals surface area contributed by atoms with E-state index in [4.69, 9.17) is 4.74 Å². The Kier molecular flexibility index (Phi) is 5.49. The lowest BCUT2D eigenvalue weighted by Gasteiger charge is -2.11. The summed E-state index contributed by atoms with van der Waals surface area (Å²) < 4.78 is 5.32. The van der Waals surface area contributed by atoms with Gasteiger partial charge >= 0.3 is 0 Å². The summed E-state index contributed by atoms with van der Waals surface area (Å²) in [5, 5.41) is 6.09. The summed E-state index contributed by atoms with van der Waals surface area (Å²) in [6.45, 7) is 2.10. The molecule has 0 atom stereocenters. The van der Waals surface area contributed by atoms with Crippen LogP contribution >= 0.6 is 0 Å². The van der Waals surface area contributed by atoms with E-state index in [9.17, 15) is 4.79 Å². The molecule has 0 fully saturated rings. The zero-order chi connectivity index (χ0) is 18.4. The van der Waals surface area contributed by atoms with E-state index in [1.165, 1.54) is 5.56 Å². The second-order valence-electron chi connectivity index (χ2n) is 5.76. The van der Waals surface area contributed by atoms with Crippen molar-refractivity contribution in [2.24, 2.45) is 0 Å². The van der Waals surface area contributed by atoms with Crippen molar-refractivity contribution in [2.75, 3.05) is 17.7 Å². The van der Waals surface area contributed by atoms with Crippen molar-refractivity contribution in [3.05, 3.63) is 78.1 Å². The van der Waals surface area contributed by atoms with Crippen LogP contribution in [0.15, 0.2) is 66.9 Å². The Hall–Kier alpha value is -3.34. The van der Waals surface area contributed by atoms with Crippen LogP contribution in [0.5, 0.6) is 5.75 Å². The molecule has 0 saturated carbocycles. The number of aromatic nitrogens is 1. The smallest absolute Gasteiger partial charge is 0.274 e. The maximum atomic E-state index is 12.3. The molecule has 2 aromatic carbocycles. The van der Waals surface area contributed by atoms with Crippen molar-refractivity contribution in [1.82, 2.24) is 4.98 Å². The zero-order valence-electron chi connectivity index (χ0n) is 14.8. The topological polar surface area (TPSA) is 63.2 Å². The standard InChI is InChI=1S/C21H21N3O2/c1-3-15-8-10-16(11-9-15)24-21(25)19-13-12-17(14-22-19)23-18-6-4-5-7-20(18)26-2/h4-14,23H,3H2,1-2H3,(H,24,25). The van der Waals surface area contributed by atoms with Gasteiger partial charge in [0, 0.05) is 5.69 Å². The Morgan fingerprint density at radius 2 is 1.73 bits per heavy atom. The fraction of sp³-hybridized carbons (Fsp3) is 0.143. The molecule has 1 heterocycles. The molecule has 0 aliphatic carbocycles. The van der Waals surface area contributed by atoms with Gasteiger partial charge in [-0.05, 0) is 48.4 Å². The van der Waals surface area contributed by atoms with E-state index in [-0.39, 0.29) is 5.91 Å². The third-order valence-electron chi connectivity index (χ3n) is 4.00. The predicted octanol–water partition coefficient (Wildman–Crippen LogP) is 4.65. The van der Waals surface area contributed by atoms with E-state index in [0.29, 0.717) is 5.69 Å². The highest BCUT2D eigenvalue weighted by molar-refractivity contribution is 6.03. The summed E-state index contributed by atoms with van der Waals surface area (Å²) in [6.07, 6.45) is 2.60. The van der Waals surface area contributed by atoms with Crippen LogP contribution < -0.4 is 15.4 Å². The van der Waals surface area contributed by atoms with Crippen molar-refractivity contribution < 1.29 is 9.53 Å². The van der Waals surface area contributed by atoms with Gasteiger partial charge in [0.25, 0.3) is 5.91 Å². The van der Waals surface area contributed by atoms with Crippen molar-refractivity contribution in [3.8, 4) is 5.75 Å². The lowest BCUT2D eigenvalue weighted by atomic mass is 10.1. The molecule has 5 heteroatoms. The molecule has 132 valence electrons. The Balaban J connectivity index is 1.67. The van der Waals surface area contributed by atoms with Crippen molar-refractivity contribution in [2.45, 2.75) is 13.3 Å². The average molecular weight is 347 g/mol. The minimum Gasteiger partial charge on any atom is -0.495 e. The van der Waals surface area contributed by atoms with Crippen molar-refractivity contribution in [1.29, 1.82) is 0 Å². The molecule has 5 nitrogen and oxygen atoms in total. The van der Waals surface area contributed by atoms with E-state index < -0.39 is 0 Å². The molecule has 1 amide bonds. The van der Waals surface area contributed by atoms with E-state index in [2.05, 4.69) is 22.5 Å². The molecular weight excluding hydrogens is 326 g/mol. The first-order valence-corrected chi connectivity index (χ1v) is 8.46. The molecule has 0 bridgehead atoms. The lowest BCUT2D eigenvalue weighted by molar-refractivity contribution is 0.102. The summed E-state index contributed by atoms with van der Waals surface area (Å²) in [4.78, 5) is 16.6. The maximum absolute atomic E-state index is 12.3. The van der Waals surface area contributed by atoms with Crippen LogP contribution in [0.2, 0.25) is 0 Å². The number of pyridine rings is 1. The highest BCUT2D eigenvalue weighted by Gasteiger charge is 2.08. The Bertz CT molecular complexity index is 875. The first-order chi connectivity index (χ1) is 12.7. The first kappa shape index (κ1) is 17.5. The number of methoxy groups -OCH3 is 1. The van der Waals surface area contributed by atoms with Crippen molar-refractivity contribution >= 4 is 23.0 Å². The number of rotatable bonds is 6. The molecule has 3 rings (SSSR count). The van der Waals surface area contributed by atoms with Gasteiger partial charge in [-0.25, -0.2) is 4.98 Å². The molecule has 2 N–H and O–H groups in total. The van der Waals surface area contributed by atoms with Gasteiger partial charge in [0.05, 0.1) is 24.7 Å². The lowest BCUT2D eigenvalue weighted by Crippen LogP contribution is -2.13. The predicted molar refractivity (Wildman–Crippen MR) is 104 cm³/mol. The van der Waals surface area contributed by atoms with Crippen LogP contribution in [0.1, 0.15) is 23.0 Å². The Morgan fingerprint density at radius 3 is 2.38 bits per heavy atom. The zero-order valence-corrected chi connectivity index (χ0v) is 14.8. The molecule has 0 radical (unpaired) electrons. The van der Waals surface area contributed by atoms with Gasteiger partial charge < -0.3 is 15.4 Å². The minimum absolute atomic E-state index is 0.238. The van der Waals surface area contributed by atoms with Gasteiger partial charge in [0.2, 0.25) is 0 Å². The number of hydrogen-bond donors (Lipinski definition) is 2. The number of carbonyl (C=O) groups excluding carboxylic acids is 1. The Labute approximate surface area is 153 Å².